The van der Waals surface area contributed by atoms with Crippen LogP contribution in [0.2, 0.25) is 0 Å². The third-order valence-electron chi connectivity index (χ3n) is 2.73. The summed E-state index contributed by atoms with van der Waals surface area (Å²) >= 11 is 1.35. The fourth-order valence-corrected chi connectivity index (χ4v) is 1.89. The van der Waals surface area contributed by atoms with E-state index in [0.717, 1.165) is 0 Å². The van der Waals surface area contributed by atoms with E-state index >= 15 is 0 Å². The molecule has 0 aliphatic rings. The van der Waals surface area contributed by atoms with Gasteiger partial charge in [0.2, 0.25) is 0 Å². The molecule has 0 spiro atoms. The number of carboxylic acid groups (broad SMARTS) is 1. The van der Waals surface area contributed by atoms with Crippen LogP contribution in [0.4, 0.5) is 0 Å². The number of nitrogens with one attached hydrogen (secondary N) is 1. The summed E-state index contributed by atoms with van der Waals surface area (Å²) in [5, 5.41) is 58.9. The second-order valence-corrected chi connectivity index (χ2v) is 5.32. The third-order valence-corrected chi connectivity index (χ3v) is 3.38. The Morgan fingerprint density at radius 1 is 1.19 bits per heavy atom. The zero-order valence-electron chi connectivity index (χ0n) is 11.4. The number of thioether (sulfide) groups is 1. The van der Waals surface area contributed by atoms with E-state index in [9.17, 15) is 30.0 Å². The van der Waals surface area contributed by atoms with Crippen LogP contribution in [-0.4, -0.2) is 86.5 Å². The molecule has 9 nitrogen and oxygen atoms in total. The molecule has 0 aromatic heterocycles. The molecule has 0 aromatic rings. The minimum atomic E-state index is -2.17. The maximum atomic E-state index is 11.6. The van der Waals surface area contributed by atoms with Crippen molar-refractivity contribution in [1.29, 1.82) is 0 Å². The number of carbonyl (C=O) groups excluding carboxylic acids is 2. The summed E-state index contributed by atoms with van der Waals surface area (Å²) in [5.41, 5.74) is 0. The Balaban J connectivity index is 4.64. The minimum absolute atomic E-state index is 0.0554. The number of carbonyl (C=O) groups is 2. The quantitative estimate of drug-likeness (QED) is 0.231. The van der Waals surface area contributed by atoms with Crippen LogP contribution in [0, 0.1) is 0 Å². The summed E-state index contributed by atoms with van der Waals surface area (Å²) in [5.74, 6) is -2.36. The molecule has 0 saturated carbocycles. The van der Waals surface area contributed by atoms with Crippen molar-refractivity contribution in [3.63, 3.8) is 0 Å². The lowest BCUT2D eigenvalue weighted by Gasteiger charge is -2.27. The Hall–Kier alpha value is -0.910. The number of hydrogen-bond donors (Lipinski definition) is 6. The van der Waals surface area contributed by atoms with Gasteiger partial charge in [0.15, 0.2) is 6.10 Å². The van der Waals surface area contributed by atoms with Gasteiger partial charge in [0.05, 0.1) is 18.6 Å². The van der Waals surface area contributed by atoms with Crippen molar-refractivity contribution in [3.05, 3.63) is 0 Å². The molecule has 10 heteroatoms. The molecule has 5 unspecified atom stereocenters. The maximum absolute atomic E-state index is 11.6. The molecule has 0 heterocycles. The van der Waals surface area contributed by atoms with Gasteiger partial charge in [-0.2, -0.15) is 11.8 Å². The molecule has 0 aliphatic carbocycles. The number of hydrogen-bond acceptors (Lipinski definition) is 9. The summed E-state index contributed by atoms with van der Waals surface area (Å²) in [6.45, 7) is -0.887. The second-order valence-electron chi connectivity index (χ2n) is 4.34. The van der Waals surface area contributed by atoms with E-state index in [2.05, 4.69) is 0 Å². The number of aliphatic hydroxyl groups is 5. The molecular formula is C11H20NO8S-. The molecule has 5 atom stereocenters. The van der Waals surface area contributed by atoms with Gasteiger partial charge >= 0.3 is 0 Å². The van der Waals surface area contributed by atoms with Crippen molar-refractivity contribution in [2.45, 2.75) is 36.9 Å². The Morgan fingerprint density at radius 3 is 2.19 bits per heavy atom. The SMILES string of the molecule is CSCCC(NC(=O)C(O)C(O)C(O)C(O)CO)C(=O)[O-]. The second kappa shape index (κ2) is 9.92. The van der Waals surface area contributed by atoms with Gasteiger partial charge < -0.3 is 40.8 Å². The summed E-state index contributed by atoms with van der Waals surface area (Å²) in [7, 11) is 0. The first-order valence-corrected chi connectivity index (χ1v) is 7.48. The van der Waals surface area contributed by atoms with Gasteiger partial charge in [-0.15, -0.1) is 0 Å². The van der Waals surface area contributed by atoms with E-state index in [0.29, 0.717) is 5.75 Å². The largest absolute Gasteiger partial charge is 0.548 e. The standard InChI is InChI=1S/C11H21NO8S/c1-21-3-2-5(11(19)20)12-10(18)9(17)8(16)7(15)6(14)4-13/h5-9,13-17H,2-4H2,1H3,(H,12,18)(H,19,20)/p-1. The van der Waals surface area contributed by atoms with Crippen molar-refractivity contribution in [1.82, 2.24) is 5.32 Å². The van der Waals surface area contributed by atoms with Crippen molar-refractivity contribution < 1.29 is 40.2 Å². The van der Waals surface area contributed by atoms with E-state index < -0.39 is 48.9 Å². The lowest BCUT2D eigenvalue weighted by atomic mass is 10.0. The third kappa shape index (κ3) is 6.59. The molecular weight excluding hydrogens is 306 g/mol. The van der Waals surface area contributed by atoms with Crippen LogP contribution >= 0.6 is 11.8 Å². The van der Waals surface area contributed by atoms with Gasteiger partial charge in [0, 0.05) is 0 Å². The highest BCUT2D eigenvalue weighted by molar-refractivity contribution is 7.98. The molecule has 0 rings (SSSR count). The van der Waals surface area contributed by atoms with Gasteiger partial charge in [0.25, 0.3) is 5.91 Å². The number of aliphatic carboxylic acids is 1. The average Bonchev–Trinajstić information content (AvgIpc) is 2.47. The van der Waals surface area contributed by atoms with E-state index in [1.807, 2.05) is 5.32 Å². The first-order valence-electron chi connectivity index (χ1n) is 6.09. The Bertz CT molecular complexity index is 342. The molecule has 0 aromatic carbocycles. The smallest absolute Gasteiger partial charge is 0.252 e. The summed E-state index contributed by atoms with van der Waals surface area (Å²) in [6, 6.07) is -1.35. The number of carboxylic acids is 1. The van der Waals surface area contributed by atoms with Crippen LogP contribution < -0.4 is 10.4 Å². The number of rotatable bonds is 10. The van der Waals surface area contributed by atoms with Crippen LogP contribution in [0.15, 0.2) is 0 Å². The molecule has 0 bridgehead atoms. The minimum Gasteiger partial charge on any atom is -0.548 e. The molecule has 124 valence electrons. The van der Waals surface area contributed by atoms with E-state index in [-0.39, 0.29) is 6.42 Å². The van der Waals surface area contributed by atoms with Crippen molar-refractivity contribution >= 4 is 23.6 Å². The van der Waals surface area contributed by atoms with Gasteiger partial charge in [-0.05, 0) is 18.4 Å². The van der Waals surface area contributed by atoms with Gasteiger partial charge in [-0.3, -0.25) is 4.79 Å². The van der Waals surface area contributed by atoms with Gasteiger partial charge in [-0.1, -0.05) is 0 Å². The van der Waals surface area contributed by atoms with E-state index in [1.165, 1.54) is 11.8 Å². The first-order chi connectivity index (χ1) is 9.76. The topological polar surface area (TPSA) is 170 Å². The molecule has 0 fully saturated rings. The molecule has 0 saturated heterocycles. The monoisotopic (exact) mass is 326 g/mol. The van der Waals surface area contributed by atoms with E-state index in [1.54, 1.807) is 6.26 Å². The van der Waals surface area contributed by atoms with Crippen molar-refractivity contribution in [2.75, 3.05) is 18.6 Å². The zero-order valence-corrected chi connectivity index (χ0v) is 12.2. The van der Waals surface area contributed by atoms with Crippen molar-refractivity contribution in [3.8, 4) is 0 Å². The molecule has 21 heavy (non-hydrogen) atoms. The van der Waals surface area contributed by atoms with E-state index in [4.69, 9.17) is 10.2 Å². The highest BCUT2D eigenvalue weighted by atomic mass is 32.2. The maximum Gasteiger partial charge on any atom is 0.252 e. The molecule has 6 N–H and O–H groups in total. The van der Waals surface area contributed by atoms with Crippen LogP contribution in [0.25, 0.3) is 0 Å². The van der Waals surface area contributed by atoms with Gasteiger partial charge in [0.1, 0.15) is 18.3 Å². The Kier molecular flexibility index (Phi) is 9.49. The number of amides is 1. The van der Waals surface area contributed by atoms with Gasteiger partial charge in [-0.25, -0.2) is 0 Å². The highest BCUT2D eigenvalue weighted by Gasteiger charge is 2.34. The normalized spacial score (nSPS) is 18.4. The summed E-state index contributed by atoms with van der Waals surface area (Å²) in [6.07, 6.45) is -6.19. The van der Waals surface area contributed by atoms with Crippen LogP contribution in [-0.2, 0) is 9.59 Å². The molecule has 0 radical (unpaired) electrons. The molecule has 1 amide bonds. The predicted molar refractivity (Wildman–Crippen MR) is 71.0 cm³/mol. The molecule has 0 aliphatic heterocycles. The van der Waals surface area contributed by atoms with Crippen molar-refractivity contribution in [2.24, 2.45) is 0 Å². The fourth-order valence-electron chi connectivity index (χ4n) is 1.42. The van der Waals surface area contributed by atoms with Crippen LogP contribution in [0.1, 0.15) is 6.42 Å². The van der Waals surface area contributed by atoms with Crippen LogP contribution in [0.3, 0.4) is 0 Å². The Labute approximate surface area is 125 Å². The summed E-state index contributed by atoms with van der Waals surface area (Å²) < 4.78 is 0. The summed E-state index contributed by atoms with van der Waals surface area (Å²) in [4.78, 5) is 22.4. The lowest BCUT2D eigenvalue weighted by molar-refractivity contribution is -0.308. The highest BCUT2D eigenvalue weighted by Crippen LogP contribution is 2.07. The average molecular weight is 326 g/mol. The first kappa shape index (κ1) is 20.1. The van der Waals surface area contributed by atoms with Crippen LogP contribution in [0.5, 0.6) is 0 Å². The Morgan fingerprint density at radius 2 is 1.76 bits per heavy atom. The zero-order chi connectivity index (χ0) is 16.6. The fraction of sp³-hybridized carbons (Fsp3) is 0.818. The number of aliphatic hydroxyl groups excluding tert-OH is 5. The predicted octanol–water partition coefficient (Wildman–Crippen LogP) is -4.59. The lowest BCUT2D eigenvalue weighted by Crippen LogP contribution is -2.56.